The summed E-state index contributed by atoms with van der Waals surface area (Å²) in [5.74, 6) is 0.929. The maximum atomic E-state index is 12.7. The van der Waals surface area contributed by atoms with Crippen molar-refractivity contribution in [3.63, 3.8) is 0 Å². The van der Waals surface area contributed by atoms with Gasteiger partial charge in [-0.3, -0.25) is 9.59 Å². The summed E-state index contributed by atoms with van der Waals surface area (Å²) in [6.07, 6.45) is 2.48. The normalized spacial score (nSPS) is 23.4. The molecule has 2 N–H and O–H groups in total. The average molecular weight is 310 g/mol. The maximum absolute atomic E-state index is 12.7. The quantitative estimate of drug-likeness (QED) is 0.906. The average Bonchev–Trinajstić information content (AvgIpc) is 2.95. The Hall–Kier alpha value is -1.01. The Morgan fingerprint density at radius 2 is 2.05 bits per heavy atom. The van der Waals surface area contributed by atoms with Crippen LogP contribution in [0.2, 0.25) is 0 Å². The fourth-order valence-electron chi connectivity index (χ4n) is 2.90. The van der Waals surface area contributed by atoms with Crippen LogP contribution < -0.4 is 5.73 Å². The van der Waals surface area contributed by atoms with E-state index < -0.39 is 0 Å². The van der Waals surface area contributed by atoms with Gasteiger partial charge in [0.05, 0.1) is 0 Å². The lowest BCUT2D eigenvalue weighted by Gasteiger charge is -2.34. The molecule has 0 unspecified atom stereocenters. The Balaban J connectivity index is 1.68. The number of aryl methyl sites for hydroxylation is 1. The van der Waals surface area contributed by atoms with Crippen LogP contribution in [-0.2, 0) is 16.0 Å². The lowest BCUT2D eigenvalue weighted by atomic mass is 9.96. The number of nitrogens with zero attached hydrogens (tertiary/aromatic N) is 1. The molecule has 0 aliphatic carbocycles. The molecule has 20 heavy (non-hydrogen) atoms. The fraction of sp³-hybridized carbons (Fsp3) is 0.571. The third kappa shape index (κ3) is 2.59. The number of hydrogen-bond acceptors (Lipinski definition) is 4. The number of thiophene rings is 1. The highest BCUT2D eigenvalue weighted by molar-refractivity contribution is 8.00. The highest BCUT2D eigenvalue weighted by Crippen LogP contribution is 2.40. The topological polar surface area (TPSA) is 63.4 Å². The molecule has 1 aromatic heterocycles. The molecular formula is C14H18N2O2S2. The number of carbonyl (C=O) groups is 2. The molecule has 2 aliphatic heterocycles. The monoisotopic (exact) mass is 310 g/mol. The molecule has 4 nitrogen and oxygen atoms in total. The molecule has 3 heterocycles. The van der Waals surface area contributed by atoms with E-state index in [1.54, 1.807) is 23.1 Å². The molecule has 2 aliphatic rings. The molecule has 1 aromatic rings. The number of carbonyl (C=O) groups excluding carboxylic acids is 2. The van der Waals surface area contributed by atoms with Crippen molar-refractivity contribution in [2.45, 2.75) is 24.5 Å². The van der Waals surface area contributed by atoms with Crippen molar-refractivity contribution in [2.24, 2.45) is 11.7 Å². The second kappa shape index (κ2) is 5.77. The van der Waals surface area contributed by atoms with Gasteiger partial charge in [-0.1, -0.05) is 0 Å². The first-order chi connectivity index (χ1) is 9.66. The molecule has 1 fully saturated rings. The first-order valence-electron chi connectivity index (χ1n) is 6.93. The smallest absolute Gasteiger partial charge is 0.240 e. The molecule has 1 atom stereocenters. The standard InChI is InChI=1S/C14H18N2O2S2/c15-13(17)9-1-5-16(6-2-9)14(18)12-10-3-7-19-11(10)4-8-20-12/h3,7,9,12H,1-2,4-6,8H2,(H2,15,17)/t12-/m1/s1. The molecule has 0 radical (unpaired) electrons. The molecule has 0 spiro atoms. The molecule has 0 bridgehead atoms. The number of hydrogen-bond donors (Lipinski definition) is 1. The summed E-state index contributed by atoms with van der Waals surface area (Å²) in [6, 6.07) is 2.09. The fourth-order valence-corrected chi connectivity index (χ4v) is 5.28. The number of piperidine rings is 1. The van der Waals surface area contributed by atoms with Gasteiger partial charge in [-0.25, -0.2) is 0 Å². The summed E-state index contributed by atoms with van der Waals surface area (Å²) in [5, 5.41) is 2.03. The summed E-state index contributed by atoms with van der Waals surface area (Å²) in [6.45, 7) is 1.31. The summed E-state index contributed by atoms with van der Waals surface area (Å²) >= 11 is 3.50. The molecule has 6 heteroatoms. The van der Waals surface area contributed by atoms with Gasteiger partial charge in [0.1, 0.15) is 5.25 Å². The number of nitrogens with two attached hydrogens (primary N) is 1. The maximum Gasteiger partial charge on any atom is 0.240 e. The molecule has 2 amide bonds. The lowest BCUT2D eigenvalue weighted by Crippen LogP contribution is -2.43. The highest BCUT2D eigenvalue weighted by Gasteiger charge is 2.33. The Labute approximate surface area is 126 Å². The summed E-state index contributed by atoms with van der Waals surface area (Å²) in [5.41, 5.74) is 6.54. The van der Waals surface area contributed by atoms with Gasteiger partial charge in [-0.15, -0.1) is 23.1 Å². The third-order valence-electron chi connectivity index (χ3n) is 4.11. The van der Waals surface area contributed by atoms with Crippen molar-refractivity contribution in [1.29, 1.82) is 0 Å². The Morgan fingerprint density at radius 3 is 2.75 bits per heavy atom. The van der Waals surface area contributed by atoms with E-state index in [1.165, 1.54) is 10.4 Å². The predicted molar refractivity (Wildman–Crippen MR) is 81.7 cm³/mol. The third-order valence-corrected chi connectivity index (χ3v) is 6.33. The Morgan fingerprint density at radius 1 is 1.30 bits per heavy atom. The second-order valence-electron chi connectivity index (χ2n) is 5.30. The van der Waals surface area contributed by atoms with E-state index in [-0.39, 0.29) is 23.0 Å². The van der Waals surface area contributed by atoms with Crippen molar-refractivity contribution >= 4 is 34.9 Å². The molecule has 0 saturated carbocycles. The summed E-state index contributed by atoms with van der Waals surface area (Å²) in [4.78, 5) is 27.1. The lowest BCUT2D eigenvalue weighted by molar-refractivity contribution is -0.134. The predicted octanol–water partition coefficient (Wildman–Crippen LogP) is 1.80. The van der Waals surface area contributed by atoms with Gasteiger partial charge < -0.3 is 10.6 Å². The van der Waals surface area contributed by atoms with E-state index in [0.717, 1.165) is 12.2 Å². The SMILES string of the molecule is NC(=O)C1CCN(C(=O)[C@@H]2SCCc3sccc32)CC1. The highest BCUT2D eigenvalue weighted by atomic mass is 32.2. The molecule has 3 rings (SSSR count). The van der Waals surface area contributed by atoms with E-state index in [0.29, 0.717) is 25.9 Å². The summed E-state index contributed by atoms with van der Waals surface area (Å²) in [7, 11) is 0. The first-order valence-corrected chi connectivity index (χ1v) is 8.85. The van der Waals surface area contributed by atoms with Crippen molar-refractivity contribution < 1.29 is 9.59 Å². The van der Waals surface area contributed by atoms with Gasteiger partial charge in [0.15, 0.2) is 0 Å². The zero-order chi connectivity index (χ0) is 14.1. The van der Waals surface area contributed by atoms with Crippen LogP contribution in [0.4, 0.5) is 0 Å². The van der Waals surface area contributed by atoms with Gasteiger partial charge in [-0.2, -0.15) is 0 Å². The van der Waals surface area contributed by atoms with Gasteiger partial charge >= 0.3 is 0 Å². The van der Waals surface area contributed by atoms with Gasteiger partial charge in [-0.05, 0) is 42.0 Å². The van der Waals surface area contributed by atoms with Gasteiger partial charge in [0.25, 0.3) is 0 Å². The second-order valence-corrected chi connectivity index (χ2v) is 7.52. The van der Waals surface area contributed by atoms with Crippen molar-refractivity contribution in [1.82, 2.24) is 4.90 Å². The van der Waals surface area contributed by atoms with Crippen LogP contribution in [0.25, 0.3) is 0 Å². The number of likely N-dealkylation sites (tertiary alicyclic amines) is 1. The number of thioether (sulfide) groups is 1. The van der Waals surface area contributed by atoms with Crippen LogP contribution >= 0.6 is 23.1 Å². The minimum absolute atomic E-state index is 0.0462. The minimum atomic E-state index is -0.232. The number of amides is 2. The van der Waals surface area contributed by atoms with Crippen molar-refractivity contribution in [2.75, 3.05) is 18.8 Å². The minimum Gasteiger partial charge on any atom is -0.369 e. The zero-order valence-electron chi connectivity index (χ0n) is 11.2. The van der Waals surface area contributed by atoms with Crippen LogP contribution in [0, 0.1) is 5.92 Å². The van der Waals surface area contributed by atoms with E-state index in [1.807, 2.05) is 4.90 Å². The van der Waals surface area contributed by atoms with Crippen LogP contribution in [0.3, 0.4) is 0 Å². The number of primary amides is 1. The van der Waals surface area contributed by atoms with Gasteiger partial charge in [0, 0.05) is 23.9 Å². The van der Waals surface area contributed by atoms with Crippen LogP contribution in [-0.4, -0.2) is 35.6 Å². The molecule has 108 valence electrons. The van der Waals surface area contributed by atoms with Gasteiger partial charge in [0.2, 0.25) is 11.8 Å². The Kier molecular flexibility index (Phi) is 4.03. The molecular weight excluding hydrogens is 292 g/mol. The Bertz CT molecular complexity index is 521. The number of fused-ring (bicyclic) bond motifs is 1. The van der Waals surface area contributed by atoms with Crippen LogP contribution in [0.15, 0.2) is 11.4 Å². The first kappa shape index (κ1) is 13.9. The zero-order valence-corrected chi connectivity index (χ0v) is 12.8. The summed E-state index contributed by atoms with van der Waals surface area (Å²) < 4.78 is 0. The van der Waals surface area contributed by atoms with Crippen molar-refractivity contribution in [3.8, 4) is 0 Å². The van der Waals surface area contributed by atoms with E-state index >= 15 is 0 Å². The van der Waals surface area contributed by atoms with E-state index in [4.69, 9.17) is 5.73 Å². The molecule has 0 aromatic carbocycles. The van der Waals surface area contributed by atoms with E-state index in [9.17, 15) is 9.59 Å². The largest absolute Gasteiger partial charge is 0.369 e. The molecule has 1 saturated heterocycles. The van der Waals surface area contributed by atoms with Crippen LogP contribution in [0.1, 0.15) is 28.5 Å². The van der Waals surface area contributed by atoms with Crippen molar-refractivity contribution in [3.05, 3.63) is 21.9 Å². The van der Waals surface area contributed by atoms with E-state index in [2.05, 4.69) is 11.4 Å². The van der Waals surface area contributed by atoms with Crippen LogP contribution in [0.5, 0.6) is 0 Å². The number of rotatable bonds is 2.